The molecule has 0 spiro atoms. The summed E-state index contributed by atoms with van der Waals surface area (Å²) in [6.07, 6.45) is 20.9. The van der Waals surface area contributed by atoms with Gasteiger partial charge in [0.1, 0.15) is 0 Å². The zero-order valence-electron chi connectivity index (χ0n) is 18.1. The summed E-state index contributed by atoms with van der Waals surface area (Å²) in [5.41, 5.74) is 0.0402. The third-order valence-electron chi connectivity index (χ3n) is 9.86. The van der Waals surface area contributed by atoms with E-state index in [4.69, 9.17) is 0 Å². The first-order valence-electron chi connectivity index (χ1n) is 12.6. The third kappa shape index (κ3) is 3.72. The fourth-order valence-electron chi connectivity index (χ4n) is 8.58. The Balaban J connectivity index is 1.43. The summed E-state index contributed by atoms with van der Waals surface area (Å²) in [4.78, 5) is 0. The molecule has 4 aliphatic carbocycles. The lowest BCUT2D eigenvalue weighted by Crippen LogP contribution is -2.49. The first-order valence-corrected chi connectivity index (χ1v) is 12.6. The summed E-state index contributed by atoms with van der Waals surface area (Å²) in [5, 5.41) is 10.0. The van der Waals surface area contributed by atoms with E-state index < -0.39 is 0 Å². The summed E-state index contributed by atoms with van der Waals surface area (Å²) < 4.78 is 0. The minimum atomic E-state index is 0.0402. The Kier molecular flexibility index (Phi) is 6.21. The van der Waals surface area contributed by atoms with Crippen molar-refractivity contribution in [2.75, 3.05) is 0 Å². The van der Waals surface area contributed by atoms with Crippen LogP contribution in [0.25, 0.3) is 0 Å². The fraction of sp³-hybridized carbons (Fsp3) is 0.962. The maximum atomic E-state index is 10.0. The molecule has 152 valence electrons. The van der Waals surface area contributed by atoms with Crippen LogP contribution in [0.4, 0.5) is 0 Å². The van der Waals surface area contributed by atoms with Crippen LogP contribution in [-0.2, 0) is 0 Å². The molecule has 1 nitrogen and oxygen atoms in total. The van der Waals surface area contributed by atoms with Crippen molar-refractivity contribution in [3.05, 3.63) is 0 Å². The molecule has 27 heavy (non-hydrogen) atoms. The van der Waals surface area contributed by atoms with Crippen LogP contribution >= 0.6 is 0 Å². The molecule has 0 aromatic carbocycles. The summed E-state index contributed by atoms with van der Waals surface area (Å²) in [5.74, 6) is 7.09. The zero-order chi connectivity index (χ0) is 18.9. The van der Waals surface area contributed by atoms with Gasteiger partial charge in [-0.3, -0.25) is 0 Å². The van der Waals surface area contributed by atoms with Gasteiger partial charge in [0.05, 0.1) is 11.5 Å². The Morgan fingerprint density at radius 3 is 2.33 bits per heavy atom. The molecule has 0 bridgehead atoms. The third-order valence-corrected chi connectivity index (χ3v) is 9.86. The van der Waals surface area contributed by atoms with Crippen molar-refractivity contribution in [1.82, 2.24) is 0 Å². The molecule has 8 atom stereocenters. The smallest absolute Gasteiger partial charge is 0.0689 e. The van der Waals surface area contributed by atoms with E-state index in [-0.39, 0.29) is 5.41 Å². The highest BCUT2D eigenvalue weighted by molar-refractivity contribution is 5.07. The monoisotopic (exact) mass is 369 g/mol. The molecule has 0 saturated heterocycles. The minimum Gasteiger partial charge on any atom is -0.198 e. The molecule has 0 amide bonds. The highest BCUT2D eigenvalue weighted by Crippen LogP contribution is 2.60. The number of hydrogen-bond acceptors (Lipinski definition) is 1. The first-order chi connectivity index (χ1) is 13.2. The Labute approximate surface area is 168 Å². The van der Waals surface area contributed by atoms with Crippen molar-refractivity contribution in [1.29, 1.82) is 5.26 Å². The Morgan fingerprint density at radius 2 is 1.56 bits per heavy atom. The van der Waals surface area contributed by atoms with Crippen molar-refractivity contribution in [3.8, 4) is 6.07 Å². The average Bonchev–Trinajstić information content (AvgIpc) is 2.72. The van der Waals surface area contributed by atoms with E-state index >= 15 is 0 Å². The van der Waals surface area contributed by atoms with Crippen LogP contribution in [0.1, 0.15) is 110 Å². The predicted molar refractivity (Wildman–Crippen MR) is 113 cm³/mol. The van der Waals surface area contributed by atoms with Gasteiger partial charge in [-0.05, 0) is 99.2 Å². The summed E-state index contributed by atoms with van der Waals surface area (Å²) in [6, 6.07) is 2.84. The van der Waals surface area contributed by atoms with Crippen LogP contribution in [0, 0.1) is 58.2 Å². The second kappa shape index (κ2) is 8.47. The number of nitrogens with zero attached hydrogens (tertiary/aromatic N) is 1. The van der Waals surface area contributed by atoms with Gasteiger partial charge in [-0.15, -0.1) is 0 Å². The Bertz CT molecular complexity index is 533. The Hall–Kier alpha value is -0.510. The van der Waals surface area contributed by atoms with Crippen molar-refractivity contribution < 1.29 is 0 Å². The van der Waals surface area contributed by atoms with Crippen LogP contribution in [0.15, 0.2) is 0 Å². The van der Waals surface area contributed by atoms with E-state index in [1.54, 1.807) is 6.42 Å². The lowest BCUT2D eigenvalue weighted by atomic mass is 9.48. The molecule has 0 aromatic heterocycles. The van der Waals surface area contributed by atoms with Gasteiger partial charge in [0.15, 0.2) is 0 Å². The maximum Gasteiger partial charge on any atom is 0.0689 e. The zero-order valence-corrected chi connectivity index (χ0v) is 18.1. The topological polar surface area (TPSA) is 23.8 Å². The van der Waals surface area contributed by atoms with Gasteiger partial charge in [0.2, 0.25) is 0 Å². The molecule has 4 fully saturated rings. The van der Waals surface area contributed by atoms with Gasteiger partial charge in [-0.25, -0.2) is 0 Å². The molecule has 1 heteroatoms. The summed E-state index contributed by atoms with van der Waals surface area (Å²) in [7, 11) is 0. The highest BCUT2D eigenvalue weighted by Gasteiger charge is 2.52. The average molecular weight is 370 g/mol. The molecule has 0 aliphatic heterocycles. The van der Waals surface area contributed by atoms with Gasteiger partial charge in [0, 0.05) is 0 Å². The van der Waals surface area contributed by atoms with Gasteiger partial charge in [-0.2, -0.15) is 5.26 Å². The molecular formula is C26H43N. The predicted octanol–water partition coefficient (Wildman–Crippen LogP) is 7.76. The minimum absolute atomic E-state index is 0.0402. The van der Waals surface area contributed by atoms with Gasteiger partial charge >= 0.3 is 0 Å². The fourth-order valence-corrected chi connectivity index (χ4v) is 8.58. The molecule has 0 radical (unpaired) electrons. The van der Waals surface area contributed by atoms with Crippen LogP contribution in [-0.4, -0.2) is 0 Å². The number of unbranched alkanes of at least 4 members (excludes halogenated alkanes) is 2. The molecule has 6 unspecified atom stereocenters. The van der Waals surface area contributed by atoms with Gasteiger partial charge in [0.25, 0.3) is 0 Å². The van der Waals surface area contributed by atoms with E-state index in [1.165, 1.54) is 89.9 Å². The molecule has 4 rings (SSSR count). The van der Waals surface area contributed by atoms with E-state index in [0.717, 1.165) is 41.4 Å². The molecule has 0 aromatic rings. The van der Waals surface area contributed by atoms with Gasteiger partial charge in [-0.1, -0.05) is 52.4 Å². The van der Waals surface area contributed by atoms with Crippen LogP contribution in [0.5, 0.6) is 0 Å². The molecule has 0 N–H and O–H groups in total. The number of nitriles is 1. The van der Waals surface area contributed by atoms with Crippen molar-refractivity contribution in [3.63, 3.8) is 0 Å². The second-order valence-electron chi connectivity index (χ2n) is 10.9. The maximum absolute atomic E-state index is 10.0. The lowest BCUT2D eigenvalue weighted by molar-refractivity contribution is -0.0711. The van der Waals surface area contributed by atoms with Crippen LogP contribution in [0.2, 0.25) is 0 Å². The normalized spacial score (nSPS) is 46.6. The molecular weight excluding hydrogens is 326 g/mol. The number of rotatable bonds is 5. The van der Waals surface area contributed by atoms with E-state index in [1.807, 2.05) is 0 Å². The quantitative estimate of drug-likeness (QED) is 0.454. The molecule has 0 heterocycles. The first kappa shape index (κ1) is 19.8. The van der Waals surface area contributed by atoms with E-state index in [2.05, 4.69) is 19.9 Å². The van der Waals surface area contributed by atoms with Crippen molar-refractivity contribution in [2.45, 2.75) is 110 Å². The highest BCUT2D eigenvalue weighted by atomic mass is 14.6. The largest absolute Gasteiger partial charge is 0.198 e. The van der Waals surface area contributed by atoms with Crippen molar-refractivity contribution in [2.24, 2.45) is 46.8 Å². The molecule has 4 aliphatic rings. The second-order valence-corrected chi connectivity index (χ2v) is 10.9. The SMILES string of the molecule is CCCCC[C@]1(C#N)CCC2C(CCC3C2CCC2C3CCC[C@@H]2CC)C1. The number of hydrogen-bond donors (Lipinski definition) is 0. The van der Waals surface area contributed by atoms with Crippen LogP contribution in [0.3, 0.4) is 0 Å². The van der Waals surface area contributed by atoms with Crippen molar-refractivity contribution >= 4 is 0 Å². The Morgan fingerprint density at radius 1 is 0.815 bits per heavy atom. The van der Waals surface area contributed by atoms with Crippen LogP contribution < -0.4 is 0 Å². The van der Waals surface area contributed by atoms with E-state index in [0.29, 0.717) is 0 Å². The summed E-state index contributed by atoms with van der Waals surface area (Å²) in [6.45, 7) is 4.72. The standard InChI is InChI=1S/C26H43N/c1-3-5-6-15-26(18-27)16-14-22-20(17-26)10-11-25-23-9-7-8-19(4-2)21(23)12-13-24(22)25/h19-25H,3-17H2,1-2H3/t19-,20?,21?,22?,23?,24?,25?,26-/m0/s1. The summed E-state index contributed by atoms with van der Waals surface area (Å²) >= 11 is 0. The number of fused-ring (bicyclic) bond motifs is 5. The van der Waals surface area contributed by atoms with Gasteiger partial charge < -0.3 is 0 Å². The lowest BCUT2D eigenvalue weighted by Gasteiger charge is -2.57. The molecule has 4 saturated carbocycles. The van der Waals surface area contributed by atoms with E-state index in [9.17, 15) is 5.26 Å².